The maximum Gasteiger partial charge on any atom is 0.158 e. The molecule has 0 N–H and O–H groups in total. The molecule has 1 aromatic heterocycles. The second-order valence-corrected chi connectivity index (χ2v) is 9.43. The maximum absolute atomic E-state index is 4.89. The van der Waals surface area contributed by atoms with Crippen molar-refractivity contribution in [2.75, 3.05) is 9.80 Å². The number of pyridine rings is 1. The lowest BCUT2D eigenvalue weighted by atomic mass is 9.65. The molecular formula is C28H31N3. The summed E-state index contributed by atoms with van der Waals surface area (Å²) in [7, 11) is 0. The van der Waals surface area contributed by atoms with Crippen LogP contribution in [0.1, 0.15) is 51.2 Å². The lowest BCUT2D eigenvalue weighted by Gasteiger charge is -2.51. The highest BCUT2D eigenvalue weighted by molar-refractivity contribution is 5.89. The molecule has 0 aliphatic carbocycles. The molecule has 0 spiro atoms. The quantitative estimate of drug-likeness (QED) is 0.421. The molecule has 0 saturated heterocycles. The van der Waals surface area contributed by atoms with E-state index in [1.54, 1.807) is 0 Å². The highest BCUT2D eigenvalue weighted by Crippen LogP contribution is 2.58. The van der Waals surface area contributed by atoms with Crippen LogP contribution in [0, 0.1) is 5.92 Å². The number of para-hydroxylation sites is 2. The van der Waals surface area contributed by atoms with Gasteiger partial charge in [0.05, 0.1) is 5.69 Å². The summed E-state index contributed by atoms with van der Waals surface area (Å²) in [6, 6.07) is 22.0. The molecule has 5 rings (SSSR count). The topological polar surface area (TPSA) is 19.4 Å². The largest absolute Gasteiger partial charge is 0.316 e. The van der Waals surface area contributed by atoms with Gasteiger partial charge in [-0.3, -0.25) is 0 Å². The van der Waals surface area contributed by atoms with Gasteiger partial charge in [-0.2, -0.15) is 0 Å². The first-order valence-electron chi connectivity index (χ1n) is 11.3. The number of benzene rings is 2. The van der Waals surface area contributed by atoms with Gasteiger partial charge in [0, 0.05) is 28.9 Å². The number of hydrogen-bond acceptors (Lipinski definition) is 3. The fourth-order valence-corrected chi connectivity index (χ4v) is 5.65. The van der Waals surface area contributed by atoms with Gasteiger partial charge in [0.25, 0.3) is 0 Å². The van der Waals surface area contributed by atoms with Gasteiger partial charge in [-0.15, -0.1) is 6.58 Å². The summed E-state index contributed by atoms with van der Waals surface area (Å²) >= 11 is 0. The van der Waals surface area contributed by atoms with Gasteiger partial charge in [0.1, 0.15) is 6.17 Å². The third-order valence-corrected chi connectivity index (χ3v) is 7.40. The van der Waals surface area contributed by atoms with E-state index in [0.29, 0.717) is 11.8 Å². The van der Waals surface area contributed by atoms with Crippen LogP contribution in [-0.2, 0) is 5.41 Å². The average molecular weight is 410 g/mol. The van der Waals surface area contributed by atoms with Crippen molar-refractivity contribution in [2.24, 2.45) is 5.92 Å². The highest BCUT2D eigenvalue weighted by atomic mass is 15.5. The lowest BCUT2D eigenvalue weighted by molar-refractivity contribution is 0.259. The van der Waals surface area contributed by atoms with Gasteiger partial charge in [-0.1, -0.05) is 70.2 Å². The molecule has 3 unspecified atom stereocenters. The van der Waals surface area contributed by atoms with Crippen LogP contribution in [0.5, 0.6) is 0 Å². The van der Waals surface area contributed by atoms with Gasteiger partial charge >= 0.3 is 0 Å². The number of anilines is 4. The molecular weight excluding hydrogens is 378 g/mol. The van der Waals surface area contributed by atoms with E-state index in [1.165, 1.54) is 28.2 Å². The minimum Gasteiger partial charge on any atom is -0.316 e. The molecule has 0 radical (unpaired) electrons. The molecule has 3 aromatic rings. The van der Waals surface area contributed by atoms with Crippen molar-refractivity contribution in [1.29, 1.82) is 0 Å². The molecule has 0 saturated carbocycles. The zero-order chi connectivity index (χ0) is 21.8. The van der Waals surface area contributed by atoms with Crippen molar-refractivity contribution in [1.82, 2.24) is 4.98 Å². The second kappa shape index (κ2) is 7.26. The monoisotopic (exact) mass is 409 g/mol. The van der Waals surface area contributed by atoms with Crippen LogP contribution in [0.4, 0.5) is 22.9 Å². The van der Waals surface area contributed by atoms with Gasteiger partial charge in [-0.25, -0.2) is 4.98 Å². The zero-order valence-electron chi connectivity index (χ0n) is 18.9. The van der Waals surface area contributed by atoms with E-state index >= 15 is 0 Å². The van der Waals surface area contributed by atoms with Crippen LogP contribution < -0.4 is 9.80 Å². The zero-order valence-corrected chi connectivity index (χ0v) is 18.9. The lowest BCUT2D eigenvalue weighted by Crippen LogP contribution is -2.54. The Balaban J connectivity index is 1.80. The Morgan fingerprint density at radius 1 is 0.968 bits per heavy atom. The van der Waals surface area contributed by atoms with Crippen LogP contribution in [-0.4, -0.2) is 11.1 Å². The summed E-state index contributed by atoms with van der Waals surface area (Å²) in [4.78, 5) is 9.90. The Bertz CT molecular complexity index is 1130. The van der Waals surface area contributed by atoms with Crippen molar-refractivity contribution in [3.63, 3.8) is 0 Å². The molecule has 2 aliphatic heterocycles. The second-order valence-electron chi connectivity index (χ2n) is 9.43. The third kappa shape index (κ3) is 2.76. The minimum atomic E-state index is -0.00736. The number of rotatable bonds is 4. The molecule has 158 valence electrons. The summed E-state index contributed by atoms with van der Waals surface area (Å²) in [5.74, 6) is 1.84. The van der Waals surface area contributed by atoms with Crippen LogP contribution in [0.15, 0.2) is 79.5 Å². The molecule has 0 fully saturated rings. The van der Waals surface area contributed by atoms with Gasteiger partial charge in [-0.05, 0) is 47.7 Å². The molecule has 3 atom stereocenters. The first-order chi connectivity index (χ1) is 15.0. The summed E-state index contributed by atoms with van der Waals surface area (Å²) < 4.78 is 0. The normalized spacial score (nSPS) is 24.0. The van der Waals surface area contributed by atoms with E-state index in [0.717, 1.165) is 12.2 Å². The molecule has 0 bridgehead atoms. The summed E-state index contributed by atoms with van der Waals surface area (Å²) in [6.45, 7) is 13.5. The molecule has 2 aliphatic rings. The Morgan fingerprint density at radius 2 is 1.65 bits per heavy atom. The third-order valence-electron chi connectivity index (χ3n) is 7.40. The highest BCUT2D eigenvalue weighted by Gasteiger charge is 2.53. The first kappa shape index (κ1) is 19.9. The summed E-state index contributed by atoms with van der Waals surface area (Å²) in [5.41, 5.74) is 6.48. The SMILES string of the molecule is C=CCC1(C)c2ccccc2N2c3ncccc3N(c3ccccc3C(C)C)C2C1C. The minimum absolute atomic E-state index is 0.00736. The molecule has 3 nitrogen and oxygen atoms in total. The summed E-state index contributed by atoms with van der Waals surface area (Å²) in [6.07, 6.45) is 5.09. The molecule has 3 heterocycles. The number of allylic oxidation sites excluding steroid dienone is 1. The average Bonchev–Trinajstić information content (AvgIpc) is 3.13. The van der Waals surface area contributed by atoms with E-state index in [4.69, 9.17) is 4.98 Å². The van der Waals surface area contributed by atoms with Crippen LogP contribution >= 0.6 is 0 Å². The van der Waals surface area contributed by atoms with Crippen LogP contribution in [0.25, 0.3) is 0 Å². The Hall–Kier alpha value is -3.07. The van der Waals surface area contributed by atoms with Gasteiger partial charge in [0.15, 0.2) is 5.82 Å². The molecule has 2 aromatic carbocycles. The van der Waals surface area contributed by atoms with E-state index < -0.39 is 0 Å². The maximum atomic E-state index is 4.89. The number of hydrogen-bond donors (Lipinski definition) is 0. The Kier molecular flexibility index (Phi) is 4.65. The summed E-state index contributed by atoms with van der Waals surface area (Å²) in [5, 5.41) is 0. The van der Waals surface area contributed by atoms with Crippen molar-refractivity contribution in [2.45, 2.75) is 51.6 Å². The van der Waals surface area contributed by atoms with E-state index in [2.05, 4.69) is 111 Å². The van der Waals surface area contributed by atoms with E-state index in [9.17, 15) is 0 Å². The van der Waals surface area contributed by atoms with Crippen molar-refractivity contribution < 1.29 is 0 Å². The smallest absolute Gasteiger partial charge is 0.158 e. The Morgan fingerprint density at radius 3 is 2.39 bits per heavy atom. The standard InChI is InChI=1S/C28H31N3/c1-6-17-28(5)20(4)27-30(23-14-9-7-12-21(23)19(2)3)25-16-11-18-29-26(25)31(27)24-15-10-8-13-22(24)28/h6-16,18-20,27H,1,17H2,2-5H3. The number of nitrogens with zero attached hydrogens (tertiary/aromatic N) is 3. The Labute approximate surface area is 186 Å². The van der Waals surface area contributed by atoms with Crippen molar-refractivity contribution in [3.05, 3.63) is 90.6 Å². The molecule has 31 heavy (non-hydrogen) atoms. The molecule has 0 amide bonds. The van der Waals surface area contributed by atoms with Crippen molar-refractivity contribution in [3.8, 4) is 0 Å². The van der Waals surface area contributed by atoms with Gasteiger partial charge in [0.2, 0.25) is 0 Å². The predicted molar refractivity (Wildman–Crippen MR) is 131 cm³/mol. The predicted octanol–water partition coefficient (Wildman–Crippen LogP) is 7.30. The first-order valence-corrected chi connectivity index (χ1v) is 11.3. The number of fused-ring (bicyclic) bond motifs is 5. The molecule has 3 heteroatoms. The van der Waals surface area contributed by atoms with Crippen LogP contribution in [0.3, 0.4) is 0 Å². The number of aromatic nitrogens is 1. The van der Waals surface area contributed by atoms with Gasteiger partial charge < -0.3 is 9.80 Å². The van der Waals surface area contributed by atoms with Crippen LogP contribution in [0.2, 0.25) is 0 Å². The van der Waals surface area contributed by atoms with Crippen molar-refractivity contribution >= 4 is 22.9 Å². The fraction of sp³-hybridized carbons (Fsp3) is 0.321. The fourth-order valence-electron chi connectivity index (χ4n) is 5.65. The van der Waals surface area contributed by atoms with E-state index in [-0.39, 0.29) is 11.6 Å². The van der Waals surface area contributed by atoms with E-state index in [1.807, 2.05) is 6.20 Å².